The molecule has 0 heterocycles. The lowest BCUT2D eigenvalue weighted by Crippen LogP contribution is -2.16. The molecule has 2 rings (SSSR count). The van der Waals surface area contributed by atoms with Crippen LogP contribution in [0.3, 0.4) is 0 Å². The SMILES string of the molecule is COc1cc(C(=O)COC(=O)c2cc(Cl)cc(Cl)c2N)cc(OC)c1OC. The van der Waals surface area contributed by atoms with Gasteiger partial charge in [0, 0.05) is 10.6 Å². The first-order valence-corrected chi connectivity index (χ1v) is 8.32. The Morgan fingerprint density at radius 2 is 1.56 bits per heavy atom. The van der Waals surface area contributed by atoms with Crippen LogP contribution in [0.2, 0.25) is 10.0 Å². The van der Waals surface area contributed by atoms with Gasteiger partial charge in [-0.2, -0.15) is 0 Å². The average Bonchev–Trinajstić information content (AvgIpc) is 2.67. The molecule has 7 nitrogen and oxygen atoms in total. The zero-order chi connectivity index (χ0) is 20.1. The average molecular weight is 414 g/mol. The molecule has 144 valence electrons. The van der Waals surface area contributed by atoms with Gasteiger partial charge in [0.25, 0.3) is 0 Å². The highest BCUT2D eigenvalue weighted by molar-refractivity contribution is 6.37. The zero-order valence-corrected chi connectivity index (χ0v) is 16.3. The minimum atomic E-state index is -0.822. The van der Waals surface area contributed by atoms with Crippen molar-refractivity contribution in [3.05, 3.63) is 45.4 Å². The van der Waals surface area contributed by atoms with Crippen molar-refractivity contribution in [2.24, 2.45) is 0 Å². The van der Waals surface area contributed by atoms with Gasteiger partial charge >= 0.3 is 5.97 Å². The van der Waals surface area contributed by atoms with Crippen molar-refractivity contribution in [3.63, 3.8) is 0 Å². The molecule has 27 heavy (non-hydrogen) atoms. The number of Topliss-reactive ketones (excluding diaryl/α,β-unsaturated/α-hetero) is 1. The third-order valence-electron chi connectivity index (χ3n) is 3.64. The van der Waals surface area contributed by atoms with Gasteiger partial charge in [-0.25, -0.2) is 4.79 Å². The highest BCUT2D eigenvalue weighted by Crippen LogP contribution is 2.38. The largest absolute Gasteiger partial charge is 0.493 e. The van der Waals surface area contributed by atoms with E-state index in [9.17, 15) is 9.59 Å². The number of halogens is 2. The number of ether oxygens (including phenoxy) is 4. The summed E-state index contributed by atoms with van der Waals surface area (Å²) < 4.78 is 20.6. The molecule has 0 fully saturated rings. The number of ketones is 1. The molecule has 0 aromatic heterocycles. The molecule has 0 amide bonds. The molecule has 0 saturated heterocycles. The second-order valence-electron chi connectivity index (χ2n) is 5.26. The molecule has 0 unspecified atom stereocenters. The maximum Gasteiger partial charge on any atom is 0.340 e. The molecule has 2 N–H and O–H groups in total. The van der Waals surface area contributed by atoms with E-state index in [0.29, 0.717) is 17.2 Å². The fraction of sp³-hybridized carbons (Fsp3) is 0.222. The van der Waals surface area contributed by atoms with Gasteiger partial charge in [0.2, 0.25) is 11.5 Å². The summed E-state index contributed by atoms with van der Waals surface area (Å²) in [7, 11) is 4.30. The highest BCUT2D eigenvalue weighted by atomic mass is 35.5. The summed E-state index contributed by atoms with van der Waals surface area (Å²) in [6, 6.07) is 5.63. The Bertz CT molecular complexity index is 859. The van der Waals surface area contributed by atoms with E-state index in [1.54, 1.807) is 0 Å². The van der Waals surface area contributed by atoms with Gasteiger partial charge in [-0.15, -0.1) is 0 Å². The fourth-order valence-corrected chi connectivity index (χ4v) is 2.78. The summed E-state index contributed by atoms with van der Waals surface area (Å²) in [5, 5.41) is 0.336. The first kappa shape index (κ1) is 20.7. The minimum Gasteiger partial charge on any atom is -0.493 e. The van der Waals surface area contributed by atoms with Crippen LogP contribution in [0.5, 0.6) is 17.2 Å². The second-order valence-corrected chi connectivity index (χ2v) is 6.11. The smallest absolute Gasteiger partial charge is 0.340 e. The highest BCUT2D eigenvalue weighted by Gasteiger charge is 2.20. The van der Waals surface area contributed by atoms with Crippen molar-refractivity contribution >= 4 is 40.6 Å². The Hall–Kier alpha value is -2.64. The molecular formula is C18H17Cl2NO6. The monoisotopic (exact) mass is 413 g/mol. The number of nitrogens with two attached hydrogens (primary N) is 1. The van der Waals surface area contributed by atoms with Crippen molar-refractivity contribution in [3.8, 4) is 17.2 Å². The molecule has 0 radical (unpaired) electrons. The quantitative estimate of drug-likeness (QED) is 0.420. The molecule has 0 bridgehead atoms. The number of rotatable bonds is 7. The van der Waals surface area contributed by atoms with Crippen molar-refractivity contribution in [2.45, 2.75) is 0 Å². The van der Waals surface area contributed by atoms with Gasteiger partial charge in [-0.05, 0) is 24.3 Å². The third kappa shape index (κ3) is 4.56. The lowest BCUT2D eigenvalue weighted by atomic mass is 10.1. The van der Waals surface area contributed by atoms with Crippen molar-refractivity contribution in [1.29, 1.82) is 0 Å². The Morgan fingerprint density at radius 3 is 2.07 bits per heavy atom. The van der Waals surface area contributed by atoms with Crippen molar-refractivity contribution in [2.75, 3.05) is 33.7 Å². The standard InChI is InChI=1S/C18H17Cl2NO6/c1-24-14-4-9(5-15(25-2)17(14)26-3)13(22)8-27-18(23)11-6-10(19)7-12(20)16(11)21/h4-7H,8,21H2,1-3H3. The number of hydrogen-bond donors (Lipinski definition) is 1. The van der Waals surface area contributed by atoms with E-state index in [0.717, 1.165) is 0 Å². The lowest BCUT2D eigenvalue weighted by molar-refractivity contribution is 0.0475. The van der Waals surface area contributed by atoms with Crippen molar-refractivity contribution in [1.82, 2.24) is 0 Å². The van der Waals surface area contributed by atoms with Crippen LogP contribution in [-0.2, 0) is 4.74 Å². The van der Waals surface area contributed by atoms with Crippen LogP contribution >= 0.6 is 23.2 Å². The van der Waals surface area contributed by atoms with E-state index < -0.39 is 18.4 Å². The molecular weight excluding hydrogens is 397 g/mol. The van der Waals surface area contributed by atoms with E-state index in [1.807, 2.05) is 0 Å². The number of methoxy groups -OCH3 is 3. The summed E-state index contributed by atoms with van der Waals surface area (Å²) >= 11 is 11.8. The maximum absolute atomic E-state index is 12.4. The Labute approximate surface area is 165 Å². The number of hydrogen-bond acceptors (Lipinski definition) is 7. The molecule has 0 saturated carbocycles. The summed E-state index contributed by atoms with van der Waals surface area (Å²) in [4.78, 5) is 24.6. The van der Waals surface area contributed by atoms with Gasteiger partial charge in [0.15, 0.2) is 18.1 Å². The molecule has 0 aliphatic rings. The van der Waals surface area contributed by atoms with E-state index in [1.165, 1.54) is 45.6 Å². The zero-order valence-electron chi connectivity index (χ0n) is 14.8. The summed E-state index contributed by atoms with van der Waals surface area (Å²) in [6.45, 7) is -0.527. The van der Waals surface area contributed by atoms with Crippen LogP contribution < -0.4 is 19.9 Å². The second kappa shape index (κ2) is 8.83. The van der Waals surface area contributed by atoms with Crippen LogP contribution in [0.4, 0.5) is 5.69 Å². The Morgan fingerprint density at radius 1 is 0.963 bits per heavy atom. The third-order valence-corrected chi connectivity index (χ3v) is 4.17. The van der Waals surface area contributed by atoms with E-state index in [-0.39, 0.29) is 26.9 Å². The molecule has 2 aromatic carbocycles. The van der Waals surface area contributed by atoms with E-state index >= 15 is 0 Å². The normalized spacial score (nSPS) is 10.3. The number of carbonyl (C=O) groups is 2. The molecule has 0 aliphatic heterocycles. The number of esters is 1. The maximum atomic E-state index is 12.4. The van der Waals surface area contributed by atoms with Gasteiger partial charge in [0.1, 0.15) is 0 Å². The number of carbonyl (C=O) groups excluding carboxylic acids is 2. The minimum absolute atomic E-state index is 0.0197. The van der Waals surface area contributed by atoms with E-state index in [4.69, 9.17) is 47.9 Å². The fourth-order valence-electron chi connectivity index (χ4n) is 2.29. The van der Waals surface area contributed by atoms with Crippen LogP contribution in [0.1, 0.15) is 20.7 Å². The van der Waals surface area contributed by atoms with Crippen molar-refractivity contribution < 1.29 is 28.5 Å². The number of benzene rings is 2. The predicted molar refractivity (Wildman–Crippen MR) is 102 cm³/mol. The van der Waals surface area contributed by atoms with Gasteiger partial charge in [0.05, 0.1) is 37.6 Å². The van der Waals surface area contributed by atoms with Crippen LogP contribution in [0, 0.1) is 0 Å². The number of nitrogen functional groups attached to an aromatic ring is 1. The van der Waals surface area contributed by atoms with E-state index in [2.05, 4.69) is 0 Å². The Balaban J connectivity index is 2.20. The lowest BCUT2D eigenvalue weighted by Gasteiger charge is -2.14. The first-order chi connectivity index (χ1) is 12.8. The van der Waals surface area contributed by atoms with Crippen LogP contribution in [0.15, 0.2) is 24.3 Å². The summed E-state index contributed by atoms with van der Waals surface area (Å²) in [5.41, 5.74) is 5.97. The Kier molecular flexibility index (Phi) is 6.76. The van der Waals surface area contributed by atoms with Crippen LogP contribution in [0.25, 0.3) is 0 Å². The van der Waals surface area contributed by atoms with Gasteiger partial charge in [-0.3, -0.25) is 4.79 Å². The first-order valence-electron chi connectivity index (χ1n) is 7.57. The summed E-state index contributed by atoms with van der Waals surface area (Å²) in [5.74, 6) is -0.350. The molecule has 0 atom stereocenters. The predicted octanol–water partition coefficient (Wildman–Crippen LogP) is 3.64. The van der Waals surface area contributed by atoms with Gasteiger partial charge in [-0.1, -0.05) is 23.2 Å². The molecule has 0 spiro atoms. The summed E-state index contributed by atoms with van der Waals surface area (Å²) in [6.07, 6.45) is 0. The molecule has 2 aromatic rings. The van der Waals surface area contributed by atoms with Crippen LogP contribution in [-0.4, -0.2) is 39.7 Å². The van der Waals surface area contributed by atoms with Gasteiger partial charge < -0.3 is 24.7 Å². The molecule has 9 heteroatoms. The topological polar surface area (TPSA) is 97.1 Å². The number of anilines is 1. The molecule has 0 aliphatic carbocycles.